The summed E-state index contributed by atoms with van der Waals surface area (Å²) >= 11 is 0. The monoisotopic (exact) mass is 247 g/mol. The third-order valence-corrected chi connectivity index (χ3v) is 2.53. The minimum atomic E-state index is -4.18. The van der Waals surface area contributed by atoms with Crippen molar-refractivity contribution in [3.8, 4) is 0 Å². The molecule has 0 unspecified atom stereocenters. The molecule has 1 rings (SSSR count). The zero-order chi connectivity index (χ0) is 12.0. The minimum Gasteiger partial charge on any atom is -0.748 e. The first-order valence-electron chi connectivity index (χ1n) is 4.63. The summed E-state index contributed by atoms with van der Waals surface area (Å²) in [5.41, 5.74) is 0. The Morgan fingerprint density at radius 3 is 2.75 bits per heavy atom. The van der Waals surface area contributed by atoms with E-state index in [-0.39, 0.29) is 18.8 Å². The van der Waals surface area contributed by atoms with Gasteiger partial charge in [-0.25, -0.2) is 13.2 Å². The van der Waals surface area contributed by atoms with Crippen molar-refractivity contribution in [3.05, 3.63) is 24.2 Å². The van der Waals surface area contributed by atoms with Gasteiger partial charge in [0.15, 0.2) is 0 Å². The van der Waals surface area contributed by atoms with E-state index in [1.807, 2.05) is 0 Å². The number of carbonyl (C=O) groups is 1. The van der Waals surface area contributed by atoms with Crippen LogP contribution in [0.1, 0.15) is 23.4 Å². The van der Waals surface area contributed by atoms with Crippen molar-refractivity contribution in [2.75, 3.05) is 12.4 Å². The highest BCUT2D eigenvalue weighted by molar-refractivity contribution is 7.85. The Hall–Kier alpha value is -1.34. The molecule has 0 amide bonds. The van der Waals surface area contributed by atoms with E-state index in [4.69, 9.17) is 9.15 Å². The standard InChI is InChI=1S/C9H12O6S/c10-9(8-4-3-6-14-8)15-5-1-2-7-16(11,12)13/h3-4,6H,1-2,5,7H2,(H,11,12,13)/p-1. The summed E-state index contributed by atoms with van der Waals surface area (Å²) in [7, 11) is -4.18. The molecule has 1 aromatic heterocycles. The fraction of sp³-hybridized carbons (Fsp3) is 0.444. The number of furan rings is 1. The number of ether oxygens (including phenoxy) is 1. The molecule has 0 saturated heterocycles. The van der Waals surface area contributed by atoms with Gasteiger partial charge in [0.1, 0.15) is 0 Å². The third-order valence-electron chi connectivity index (χ3n) is 1.74. The fourth-order valence-corrected chi connectivity index (χ4v) is 1.57. The SMILES string of the molecule is O=C(OCCCCS(=O)(=O)[O-])c1ccco1. The zero-order valence-corrected chi connectivity index (χ0v) is 9.23. The maximum absolute atomic E-state index is 11.2. The molecular formula is C9H11O6S-. The number of carbonyl (C=O) groups excluding carboxylic acids is 1. The lowest BCUT2D eigenvalue weighted by molar-refractivity contribution is 0.0463. The fourth-order valence-electron chi connectivity index (χ4n) is 1.01. The highest BCUT2D eigenvalue weighted by Crippen LogP contribution is 2.03. The summed E-state index contributed by atoms with van der Waals surface area (Å²) < 4.78 is 40.3. The first-order chi connectivity index (χ1) is 7.49. The van der Waals surface area contributed by atoms with Crippen LogP contribution >= 0.6 is 0 Å². The zero-order valence-electron chi connectivity index (χ0n) is 8.42. The van der Waals surface area contributed by atoms with Crippen LogP contribution in [0.4, 0.5) is 0 Å². The molecule has 1 aromatic rings. The Morgan fingerprint density at radius 1 is 1.44 bits per heavy atom. The van der Waals surface area contributed by atoms with E-state index in [9.17, 15) is 17.8 Å². The molecule has 0 aromatic carbocycles. The van der Waals surface area contributed by atoms with Gasteiger partial charge in [-0.3, -0.25) is 0 Å². The molecule has 0 aliphatic rings. The Balaban J connectivity index is 2.15. The van der Waals surface area contributed by atoms with Gasteiger partial charge in [0.2, 0.25) is 5.76 Å². The second-order valence-electron chi connectivity index (χ2n) is 3.08. The summed E-state index contributed by atoms with van der Waals surface area (Å²) in [4.78, 5) is 11.2. The molecule has 1 heterocycles. The van der Waals surface area contributed by atoms with Crippen molar-refractivity contribution in [3.63, 3.8) is 0 Å². The molecule has 0 spiro atoms. The molecule has 0 N–H and O–H groups in total. The average Bonchev–Trinajstić information content (AvgIpc) is 2.67. The summed E-state index contributed by atoms with van der Waals surface area (Å²) in [5.74, 6) is -0.947. The van der Waals surface area contributed by atoms with E-state index >= 15 is 0 Å². The van der Waals surface area contributed by atoms with Gasteiger partial charge in [0.05, 0.1) is 23.0 Å². The van der Waals surface area contributed by atoms with Gasteiger partial charge in [-0.15, -0.1) is 0 Å². The molecule has 0 aliphatic carbocycles. The van der Waals surface area contributed by atoms with E-state index in [2.05, 4.69) is 0 Å². The second kappa shape index (κ2) is 5.66. The highest BCUT2D eigenvalue weighted by Gasteiger charge is 2.09. The van der Waals surface area contributed by atoms with Gasteiger partial charge in [0, 0.05) is 5.75 Å². The normalized spacial score (nSPS) is 11.3. The van der Waals surface area contributed by atoms with Gasteiger partial charge >= 0.3 is 5.97 Å². The highest BCUT2D eigenvalue weighted by atomic mass is 32.2. The Morgan fingerprint density at radius 2 is 2.19 bits per heavy atom. The van der Waals surface area contributed by atoms with E-state index in [0.717, 1.165) is 0 Å². The molecule has 0 aliphatic heterocycles. The summed E-state index contributed by atoms with van der Waals surface area (Å²) in [6.45, 7) is 0.0645. The van der Waals surface area contributed by atoms with Gasteiger partial charge < -0.3 is 13.7 Å². The smallest absolute Gasteiger partial charge is 0.374 e. The molecule has 0 atom stereocenters. The van der Waals surface area contributed by atoms with Gasteiger partial charge in [-0.05, 0) is 25.0 Å². The Labute approximate surface area is 93.0 Å². The average molecular weight is 247 g/mol. The molecule has 7 heteroatoms. The van der Waals surface area contributed by atoms with Crippen molar-refractivity contribution in [1.82, 2.24) is 0 Å². The van der Waals surface area contributed by atoms with Crippen molar-refractivity contribution >= 4 is 16.1 Å². The summed E-state index contributed by atoms with van der Waals surface area (Å²) in [6, 6.07) is 3.02. The lowest BCUT2D eigenvalue weighted by atomic mass is 10.3. The van der Waals surface area contributed by atoms with E-state index in [1.165, 1.54) is 12.3 Å². The largest absolute Gasteiger partial charge is 0.748 e. The van der Waals surface area contributed by atoms with Gasteiger partial charge in [-0.1, -0.05) is 0 Å². The van der Waals surface area contributed by atoms with Crippen LogP contribution in [0.2, 0.25) is 0 Å². The maximum Gasteiger partial charge on any atom is 0.374 e. The quantitative estimate of drug-likeness (QED) is 0.418. The number of hydrogen-bond acceptors (Lipinski definition) is 6. The summed E-state index contributed by atoms with van der Waals surface area (Å²) in [5, 5.41) is 0. The predicted octanol–water partition coefficient (Wildman–Crippen LogP) is 0.762. The van der Waals surface area contributed by atoms with E-state index in [1.54, 1.807) is 6.07 Å². The van der Waals surface area contributed by atoms with Crippen LogP contribution in [-0.2, 0) is 14.9 Å². The van der Waals surface area contributed by atoms with Crippen LogP contribution in [-0.4, -0.2) is 31.3 Å². The maximum atomic E-state index is 11.2. The molecule has 0 radical (unpaired) electrons. The first kappa shape index (κ1) is 12.7. The van der Waals surface area contributed by atoms with E-state index < -0.39 is 21.8 Å². The van der Waals surface area contributed by atoms with Gasteiger partial charge in [-0.2, -0.15) is 0 Å². The van der Waals surface area contributed by atoms with Crippen LogP contribution in [0.15, 0.2) is 22.8 Å². The molecule has 90 valence electrons. The minimum absolute atomic E-state index is 0.0645. The lowest BCUT2D eigenvalue weighted by Crippen LogP contribution is -2.08. The van der Waals surface area contributed by atoms with Crippen molar-refractivity contribution in [2.24, 2.45) is 0 Å². The number of unbranched alkanes of at least 4 members (excludes halogenated alkanes) is 1. The third kappa shape index (κ3) is 4.94. The topological polar surface area (TPSA) is 96.6 Å². The van der Waals surface area contributed by atoms with Crippen molar-refractivity contribution in [1.29, 1.82) is 0 Å². The molecule has 0 bridgehead atoms. The van der Waals surface area contributed by atoms with Crippen LogP contribution in [0.5, 0.6) is 0 Å². The molecule has 16 heavy (non-hydrogen) atoms. The van der Waals surface area contributed by atoms with Crippen LogP contribution in [0, 0.1) is 0 Å². The lowest BCUT2D eigenvalue weighted by Gasteiger charge is -2.06. The second-order valence-corrected chi connectivity index (χ2v) is 4.61. The first-order valence-corrected chi connectivity index (χ1v) is 6.21. The molecule has 0 saturated carbocycles. The number of esters is 1. The molecular weight excluding hydrogens is 236 g/mol. The van der Waals surface area contributed by atoms with E-state index in [0.29, 0.717) is 6.42 Å². The van der Waals surface area contributed by atoms with Crippen LogP contribution in [0.25, 0.3) is 0 Å². The number of hydrogen-bond donors (Lipinski definition) is 0. The van der Waals surface area contributed by atoms with Gasteiger partial charge in [0.25, 0.3) is 0 Å². The Bertz CT molecular complexity index is 419. The molecule has 0 fully saturated rings. The van der Waals surface area contributed by atoms with Crippen LogP contribution < -0.4 is 0 Å². The van der Waals surface area contributed by atoms with Crippen molar-refractivity contribution < 1.29 is 26.9 Å². The molecule has 6 nitrogen and oxygen atoms in total. The summed E-state index contributed by atoms with van der Waals surface area (Å²) in [6.07, 6.45) is 1.85. The Kier molecular flexibility index (Phi) is 4.51. The van der Waals surface area contributed by atoms with Crippen molar-refractivity contribution in [2.45, 2.75) is 12.8 Å². The number of rotatable bonds is 6. The van der Waals surface area contributed by atoms with Crippen LogP contribution in [0.3, 0.4) is 0 Å². The predicted molar refractivity (Wildman–Crippen MR) is 52.8 cm³/mol.